The van der Waals surface area contributed by atoms with Crippen LogP contribution >= 0.6 is 0 Å². The molecule has 2 aromatic rings. The number of anilines is 1. The fourth-order valence-corrected chi connectivity index (χ4v) is 1.19. The fraction of sp³-hybridized carbons (Fsp3) is 0.100. The molecule has 2 N–H and O–H groups in total. The van der Waals surface area contributed by atoms with Gasteiger partial charge in [-0.1, -0.05) is 6.07 Å². The Kier molecular flexibility index (Phi) is 2.45. The number of methoxy groups -OCH3 is 1. The van der Waals surface area contributed by atoms with E-state index < -0.39 is 0 Å². The first-order chi connectivity index (χ1) is 7.29. The third-order valence-electron chi connectivity index (χ3n) is 1.87. The fourth-order valence-electron chi connectivity index (χ4n) is 1.19. The van der Waals surface area contributed by atoms with E-state index in [0.717, 1.165) is 0 Å². The molecule has 0 saturated carbocycles. The normalized spacial score (nSPS) is 9.93. The molecule has 2 rings (SSSR count). The zero-order valence-electron chi connectivity index (χ0n) is 8.21. The van der Waals surface area contributed by atoms with Crippen LogP contribution in [0, 0.1) is 0 Å². The van der Waals surface area contributed by atoms with Gasteiger partial charge in [-0.15, -0.1) is 0 Å². The Labute approximate surface area is 87.0 Å². The predicted molar refractivity (Wildman–Crippen MR) is 56.2 cm³/mol. The van der Waals surface area contributed by atoms with Crippen LogP contribution in [0.2, 0.25) is 0 Å². The molecule has 5 heteroatoms. The Bertz CT molecular complexity index is 472. The van der Waals surface area contributed by atoms with Gasteiger partial charge in [-0.2, -0.15) is 0 Å². The lowest BCUT2D eigenvalue weighted by Gasteiger charge is -2.02. The lowest BCUT2D eigenvalue weighted by Crippen LogP contribution is -1.97. The zero-order chi connectivity index (χ0) is 10.7. The maximum Gasteiger partial charge on any atom is 0.220 e. The van der Waals surface area contributed by atoms with Crippen LogP contribution in [-0.2, 0) is 0 Å². The number of rotatable bonds is 2. The minimum absolute atomic E-state index is 0.233. The maximum absolute atomic E-state index is 5.49. The zero-order valence-corrected chi connectivity index (χ0v) is 8.21. The Morgan fingerprint density at radius 3 is 2.67 bits per heavy atom. The molecule has 5 nitrogen and oxygen atoms in total. The first kappa shape index (κ1) is 9.39. The highest BCUT2D eigenvalue weighted by molar-refractivity contribution is 5.55. The number of nitrogens with zero attached hydrogens (tertiary/aromatic N) is 3. The van der Waals surface area contributed by atoms with E-state index >= 15 is 0 Å². The second kappa shape index (κ2) is 3.91. The third kappa shape index (κ3) is 2.01. The summed E-state index contributed by atoms with van der Waals surface area (Å²) in [6.45, 7) is 0. The summed E-state index contributed by atoms with van der Waals surface area (Å²) in [6.07, 6.45) is 1.60. The predicted octanol–water partition coefficient (Wildman–Crippen LogP) is 1.13. The SMILES string of the molecule is COc1cccc(-c2ccnc(N)n2)n1. The van der Waals surface area contributed by atoms with Gasteiger partial charge >= 0.3 is 0 Å². The van der Waals surface area contributed by atoms with Crippen LogP contribution in [0.1, 0.15) is 0 Å². The molecule has 0 radical (unpaired) electrons. The van der Waals surface area contributed by atoms with Crippen LogP contribution < -0.4 is 10.5 Å². The van der Waals surface area contributed by atoms with Crippen LogP contribution in [0.15, 0.2) is 30.5 Å². The van der Waals surface area contributed by atoms with E-state index in [1.807, 2.05) is 12.1 Å². The van der Waals surface area contributed by atoms with Gasteiger partial charge in [0.1, 0.15) is 0 Å². The highest BCUT2D eigenvalue weighted by Crippen LogP contribution is 2.17. The number of aromatic nitrogens is 3. The Morgan fingerprint density at radius 2 is 1.93 bits per heavy atom. The van der Waals surface area contributed by atoms with Crippen LogP contribution in [-0.4, -0.2) is 22.1 Å². The van der Waals surface area contributed by atoms with E-state index in [9.17, 15) is 0 Å². The van der Waals surface area contributed by atoms with Gasteiger partial charge < -0.3 is 10.5 Å². The van der Waals surface area contributed by atoms with Gasteiger partial charge in [-0.05, 0) is 12.1 Å². The summed E-state index contributed by atoms with van der Waals surface area (Å²) >= 11 is 0. The number of nitrogens with two attached hydrogens (primary N) is 1. The molecule has 0 amide bonds. The summed E-state index contributed by atoms with van der Waals surface area (Å²) in [4.78, 5) is 12.1. The second-order valence-electron chi connectivity index (χ2n) is 2.87. The van der Waals surface area contributed by atoms with Gasteiger partial charge in [0, 0.05) is 12.3 Å². The van der Waals surface area contributed by atoms with Gasteiger partial charge in [0.2, 0.25) is 11.8 Å². The van der Waals surface area contributed by atoms with Crippen molar-refractivity contribution in [3.8, 4) is 17.3 Å². The van der Waals surface area contributed by atoms with Gasteiger partial charge in [0.15, 0.2) is 0 Å². The van der Waals surface area contributed by atoms with Crippen LogP contribution in [0.25, 0.3) is 11.4 Å². The van der Waals surface area contributed by atoms with Crippen LogP contribution in [0.3, 0.4) is 0 Å². The van der Waals surface area contributed by atoms with E-state index in [2.05, 4.69) is 15.0 Å². The smallest absolute Gasteiger partial charge is 0.220 e. The Hall–Kier alpha value is -2.17. The van der Waals surface area contributed by atoms with E-state index in [-0.39, 0.29) is 5.95 Å². The average Bonchev–Trinajstić information content (AvgIpc) is 2.29. The molecule has 15 heavy (non-hydrogen) atoms. The molecule has 0 saturated heterocycles. The molecule has 2 heterocycles. The molecule has 0 atom stereocenters. The Balaban J connectivity index is 2.44. The molecular formula is C10H10N4O. The van der Waals surface area contributed by atoms with Gasteiger partial charge in [-0.3, -0.25) is 0 Å². The van der Waals surface area contributed by atoms with Crippen molar-refractivity contribution in [1.82, 2.24) is 15.0 Å². The van der Waals surface area contributed by atoms with Gasteiger partial charge in [0.25, 0.3) is 0 Å². The average molecular weight is 202 g/mol. The van der Waals surface area contributed by atoms with Crippen molar-refractivity contribution in [3.63, 3.8) is 0 Å². The van der Waals surface area contributed by atoms with Crippen molar-refractivity contribution in [2.24, 2.45) is 0 Å². The summed E-state index contributed by atoms with van der Waals surface area (Å²) in [5.41, 5.74) is 6.88. The summed E-state index contributed by atoms with van der Waals surface area (Å²) in [5.74, 6) is 0.779. The summed E-state index contributed by atoms with van der Waals surface area (Å²) in [6, 6.07) is 7.20. The minimum Gasteiger partial charge on any atom is -0.481 e. The molecule has 0 fully saturated rings. The minimum atomic E-state index is 0.233. The standard InChI is InChI=1S/C10H10N4O/c1-15-9-4-2-3-7(13-9)8-5-6-12-10(11)14-8/h2-6H,1H3,(H2,11,12,14). The molecule has 76 valence electrons. The van der Waals surface area contributed by atoms with E-state index in [0.29, 0.717) is 17.3 Å². The summed E-state index contributed by atoms with van der Waals surface area (Å²) in [5, 5.41) is 0. The molecule has 0 aliphatic rings. The molecule has 2 aromatic heterocycles. The highest BCUT2D eigenvalue weighted by Gasteiger charge is 2.02. The van der Waals surface area contributed by atoms with Crippen molar-refractivity contribution in [3.05, 3.63) is 30.5 Å². The van der Waals surface area contributed by atoms with Crippen molar-refractivity contribution < 1.29 is 4.74 Å². The molecule has 0 aliphatic heterocycles. The molecule has 0 spiro atoms. The second-order valence-corrected chi connectivity index (χ2v) is 2.87. The molecule has 0 bridgehead atoms. The topological polar surface area (TPSA) is 73.9 Å². The van der Waals surface area contributed by atoms with E-state index in [1.165, 1.54) is 0 Å². The largest absolute Gasteiger partial charge is 0.481 e. The van der Waals surface area contributed by atoms with Crippen molar-refractivity contribution in [1.29, 1.82) is 0 Å². The first-order valence-electron chi connectivity index (χ1n) is 4.39. The number of hydrogen-bond acceptors (Lipinski definition) is 5. The quantitative estimate of drug-likeness (QED) is 0.790. The van der Waals surface area contributed by atoms with Crippen molar-refractivity contribution >= 4 is 5.95 Å². The Morgan fingerprint density at radius 1 is 1.13 bits per heavy atom. The summed E-state index contributed by atoms with van der Waals surface area (Å²) in [7, 11) is 1.57. The number of nitrogen functional groups attached to an aromatic ring is 1. The van der Waals surface area contributed by atoms with Crippen molar-refractivity contribution in [2.75, 3.05) is 12.8 Å². The van der Waals surface area contributed by atoms with Gasteiger partial charge in [-0.25, -0.2) is 15.0 Å². The number of pyridine rings is 1. The molecule has 0 unspecified atom stereocenters. The van der Waals surface area contributed by atoms with E-state index in [1.54, 1.807) is 25.4 Å². The molecular weight excluding hydrogens is 192 g/mol. The lowest BCUT2D eigenvalue weighted by molar-refractivity contribution is 0.398. The maximum atomic E-state index is 5.49. The first-order valence-corrected chi connectivity index (χ1v) is 4.39. The van der Waals surface area contributed by atoms with Crippen LogP contribution in [0.4, 0.5) is 5.95 Å². The van der Waals surface area contributed by atoms with Gasteiger partial charge in [0.05, 0.1) is 18.5 Å². The van der Waals surface area contributed by atoms with Crippen molar-refractivity contribution in [2.45, 2.75) is 0 Å². The monoisotopic (exact) mass is 202 g/mol. The lowest BCUT2D eigenvalue weighted by atomic mass is 10.2. The van der Waals surface area contributed by atoms with E-state index in [4.69, 9.17) is 10.5 Å². The van der Waals surface area contributed by atoms with Crippen LogP contribution in [0.5, 0.6) is 5.88 Å². The molecule has 0 aliphatic carbocycles. The third-order valence-corrected chi connectivity index (χ3v) is 1.87. The number of hydrogen-bond donors (Lipinski definition) is 1. The number of ether oxygens (including phenoxy) is 1. The molecule has 0 aromatic carbocycles. The highest BCUT2D eigenvalue weighted by atomic mass is 16.5. The summed E-state index contributed by atoms with van der Waals surface area (Å²) < 4.78 is 5.02.